The third-order valence-corrected chi connectivity index (χ3v) is 6.47. The molecule has 0 spiro atoms. The molecule has 0 unspecified atom stereocenters. The molecule has 4 heterocycles. The van der Waals surface area contributed by atoms with Gasteiger partial charge in [-0.3, -0.25) is 19.3 Å². The van der Waals surface area contributed by atoms with Crippen LogP contribution in [0.4, 0.5) is 5.82 Å². The SMILES string of the molecule is Cc1cc(C)n(-c2ccc(N3CCN(C(=O)CCCN4C(=O)c5ccccc5C4=O)CC3)nn2)n1. The number of benzene rings is 1. The van der Waals surface area contributed by atoms with Gasteiger partial charge in [0.15, 0.2) is 11.6 Å². The second kappa shape index (κ2) is 9.28. The molecule has 2 aromatic heterocycles. The van der Waals surface area contributed by atoms with E-state index in [0.717, 1.165) is 17.2 Å². The maximum atomic E-state index is 12.7. The molecule has 3 amide bonds. The van der Waals surface area contributed by atoms with Crippen LogP contribution < -0.4 is 4.90 Å². The molecule has 0 atom stereocenters. The van der Waals surface area contributed by atoms with E-state index in [1.807, 2.05) is 36.9 Å². The van der Waals surface area contributed by atoms with Gasteiger partial charge < -0.3 is 9.80 Å². The van der Waals surface area contributed by atoms with E-state index in [2.05, 4.69) is 20.2 Å². The second-order valence-electron chi connectivity index (χ2n) is 8.87. The first-order chi connectivity index (χ1) is 16.9. The van der Waals surface area contributed by atoms with E-state index in [9.17, 15) is 14.4 Å². The Morgan fingerprint density at radius 2 is 1.51 bits per heavy atom. The van der Waals surface area contributed by atoms with Gasteiger partial charge in [-0.15, -0.1) is 10.2 Å². The molecule has 0 N–H and O–H groups in total. The van der Waals surface area contributed by atoms with E-state index in [4.69, 9.17) is 0 Å². The van der Waals surface area contributed by atoms with Crippen molar-refractivity contribution in [2.24, 2.45) is 0 Å². The number of hydrogen-bond acceptors (Lipinski definition) is 7. The quantitative estimate of drug-likeness (QED) is 0.504. The number of nitrogens with zero attached hydrogens (tertiary/aromatic N) is 7. The highest BCUT2D eigenvalue weighted by Crippen LogP contribution is 2.23. The largest absolute Gasteiger partial charge is 0.352 e. The number of piperazine rings is 1. The third kappa shape index (κ3) is 4.39. The Labute approximate surface area is 203 Å². The average Bonchev–Trinajstić information content (AvgIpc) is 3.34. The minimum Gasteiger partial charge on any atom is -0.352 e. The van der Waals surface area contributed by atoms with Gasteiger partial charge in [-0.05, 0) is 50.6 Å². The Balaban J connectivity index is 1.10. The van der Waals surface area contributed by atoms with Crippen molar-refractivity contribution in [3.8, 4) is 5.82 Å². The van der Waals surface area contributed by atoms with Gasteiger partial charge in [-0.1, -0.05) is 12.1 Å². The van der Waals surface area contributed by atoms with Crippen molar-refractivity contribution in [2.45, 2.75) is 26.7 Å². The first-order valence-electron chi connectivity index (χ1n) is 11.8. The minimum atomic E-state index is -0.281. The summed E-state index contributed by atoms with van der Waals surface area (Å²) in [7, 11) is 0. The van der Waals surface area contributed by atoms with Crippen molar-refractivity contribution < 1.29 is 14.4 Å². The number of amides is 3. The summed E-state index contributed by atoms with van der Waals surface area (Å²) in [5.41, 5.74) is 2.80. The zero-order valence-corrected chi connectivity index (χ0v) is 19.8. The minimum absolute atomic E-state index is 0.0345. The zero-order chi connectivity index (χ0) is 24.5. The van der Waals surface area contributed by atoms with Crippen LogP contribution in [0.3, 0.4) is 0 Å². The predicted octanol–water partition coefficient (Wildman–Crippen LogP) is 2.00. The fraction of sp³-hybridized carbons (Fsp3) is 0.360. The Hall–Kier alpha value is -4.08. The van der Waals surface area contributed by atoms with Crippen molar-refractivity contribution in [3.63, 3.8) is 0 Å². The number of anilines is 1. The van der Waals surface area contributed by atoms with Crippen LogP contribution in [0, 0.1) is 13.8 Å². The number of carbonyl (C=O) groups excluding carboxylic acids is 3. The number of aromatic nitrogens is 4. The molecule has 1 fully saturated rings. The lowest BCUT2D eigenvalue weighted by atomic mass is 10.1. The molecule has 1 aromatic carbocycles. The normalized spacial score (nSPS) is 15.7. The Morgan fingerprint density at radius 1 is 0.886 bits per heavy atom. The number of carbonyl (C=O) groups is 3. The summed E-state index contributed by atoms with van der Waals surface area (Å²) >= 11 is 0. The van der Waals surface area contributed by atoms with Crippen LogP contribution in [-0.2, 0) is 4.79 Å². The molecule has 5 rings (SSSR count). The van der Waals surface area contributed by atoms with Crippen LogP contribution >= 0.6 is 0 Å². The molecule has 0 aliphatic carbocycles. The number of aryl methyl sites for hydroxylation is 2. The van der Waals surface area contributed by atoms with E-state index >= 15 is 0 Å². The summed E-state index contributed by atoms with van der Waals surface area (Å²) in [6, 6.07) is 12.6. The Bertz CT molecular complexity index is 1240. The fourth-order valence-corrected chi connectivity index (χ4v) is 4.63. The smallest absolute Gasteiger partial charge is 0.261 e. The molecule has 10 nitrogen and oxygen atoms in total. The lowest BCUT2D eigenvalue weighted by Gasteiger charge is -2.35. The van der Waals surface area contributed by atoms with Crippen molar-refractivity contribution in [1.82, 2.24) is 29.8 Å². The van der Waals surface area contributed by atoms with Gasteiger partial charge >= 0.3 is 0 Å². The molecular weight excluding hydrogens is 446 g/mol. The lowest BCUT2D eigenvalue weighted by Crippen LogP contribution is -2.49. The summed E-state index contributed by atoms with van der Waals surface area (Å²) in [6.45, 7) is 6.67. The lowest BCUT2D eigenvalue weighted by molar-refractivity contribution is -0.131. The van der Waals surface area contributed by atoms with Gasteiger partial charge in [0, 0.05) is 44.8 Å². The number of hydrogen-bond donors (Lipinski definition) is 0. The van der Waals surface area contributed by atoms with Crippen molar-refractivity contribution in [3.05, 3.63) is 65.0 Å². The van der Waals surface area contributed by atoms with Gasteiger partial charge in [-0.25, -0.2) is 4.68 Å². The number of rotatable bonds is 6. The molecule has 0 radical (unpaired) electrons. The topological polar surface area (TPSA) is 105 Å². The third-order valence-electron chi connectivity index (χ3n) is 6.47. The number of imide groups is 1. The zero-order valence-electron chi connectivity index (χ0n) is 19.8. The summed E-state index contributed by atoms with van der Waals surface area (Å²) in [5.74, 6) is 0.916. The molecule has 3 aromatic rings. The van der Waals surface area contributed by atoms with Crippen LogP contribution in [0.2, 0.25) is 0 Å². The highest BCUT2D eigenvalue weighted by atomic mass is 16.2. The summed E-state index contributed by atoms with van der Waals surface area (Å²) in [6.07, 6.45) is 0.744. The van der Waals surface area contributed by atoms with Crippen molar-refractivity contribution in [2.75, 3.05) is 37.6 Å². The van der Waals surface area contributed by atoms with Gasteiger partial charge in [0.25, 0.3) is 11.8 Å². The van der Waals surface area contributed by atoms with Crippen molar-refractivity contribution in [1.29, 1.82) is 0 Å². The van der Waals surface area contributed by atoms with Crippen LogP contribution in [-0.4, -0.2) is 80.2 Å². The Morgan fingerprint density at radius 3 is 2.09 bits per heavy atom. The fourth-order valence-electron chi connectivity index (χ4n) is 4.63. The van der Waals surface area contributed by atoms with Crippen LogP contribution in [0.25, 0.3) is 5.82 Å². The first kappa shape index (κ1) is 22.7. The van der Waals surface area contributed by atoms with Crippen LogP contribution in [0.15, 0.2) is 42.5 Å². The monoisotopic (exact) mass is 473 g/mol. The van der Waals surface area contributed by atoms with E-state index in [-0.39, 0.29) is 24.3 Å². The number of fused-ring (bicyclic) bond motifs is 1. The molecular formula is C25H27N7O3. The summed E-state index contributed by atoms with van der Waals surface area (Å²) < 4.78 is 1.77. The van der Waals surface area contributed by atoms with Gasteiger partial charge in [0.05, 0.1) is 16.8 Å². The molecule has 35 heavy (non-hydrogen) atoms. The summed E-state index contributed by atoms with van der Waals surface area (Å²) in [4.78, 5) is 42.8. The highest BCUT2D eigenvalue weighted by molar-refractivity contribution is 6.21. The summed E-state index contributed by atoms with van der Waals surface area (Å²) in [5, 5.41) is 13.1. The standard InChI is InChI=1S/C25H27N7O3/c1-17-16-18(2)32(28-17)22-10-9-21(26-27-22)29-12-14-30(15-13-29)23(33)8-5-11-31-24(34)19-6-3-4-7-20(19)25(31)35/h3-4,6-7,9-10,16H,5,8,11-15H2,1-2H3. The molecule has 2 aliphatic heterocycles. The van der Waals surface area contributed by atoms with E-state index < -0.39 is 0 Å². The second-order valence-corrected chi connectivity index (χ2v) is 8.87. The molecule has 2 aliphatic rings. The van der Waals surface area contributed by atoms with Crippen LogP contribution in [0.1, 0.15) is 44.9 Å². The predicted molar refractivity (Wildman–Crippen MR) is 128 cm³/mol. The van der Waals surface area contributed by atoms with Gasteiger partial charge in [0.1, 0.15) is 0 Å². The maximum absolute atomic E-state index is 12.7. The van der Waals surface area contributed by atoms with Gasteiger partial charge in [-0.2, -0.15) is 5.10 Å². The van der Waals surface area contributed by atoms with E-state index in [0.29, 0.717) is 56.0 Å². The van der Waals surface area contributed by atoms with E-state index in [1.54, 1.807) is 28.9 Å². The van der Waals surface area contributed by atoms with Crippen LogP contribution in [0.5, 0.6) is 0 Å². The Kier molecular flexibility index (Phi) is 6.02. The highest BCUT2D eigenvalue weighted by Gasteiger charge is 2.34. The molecule has 180 valence electrons. The molecule has 10 heteroatoms. The van der Waals surface area contributed by atoms with E-state index in [1.165, 1.54) is 4.90 Å². The average molecular weight is 474 g/mol. The first-order valence-corrected chi connectivity index (χ1v) is 11.8. The molecule has 0 bridgehead atoms. The van der Waals surface area contributed by atoms with Crippen molar-refractivity contribution >= 4 is 23.5 Å². The van der Waals surface area contributed by atoms with Gasteiger partial charge in [0.2, 0.25) is 5.91 Å². The molecule has 0 saturated carbocycles. The maximum Gasteiger partial charge on any atom is 0.261 e. The molecule has 1 saturated heterocycles.